The molecule has 4 aromatic rings. The maximum Gasteiger partial charge on any atom is 0.0457 e. The van der Waals surface area contributed by atoms with Gasteiger partial charge < -0.3 is 9.97 Å². The zero-order valence-electron chi connectivity index (χ0n) is 13.8. The standard InChI is InChI=1S/C22H22N2/c1-6-12-22(13-7-1,18-14-23-20-10-4-2-8-16(18)20)19-15-24-21-11-5-3-9-17(19)21/h2-5,8-11,14-15,23-24H,1,6-7,12-13H2. The Morgan fingerprint density at radius 1 is 0.625 bits per heavy atom. The van der Waals surface area contributed by atoms with E-state index in [1.165, 1.54) is 65.0 Å². The van der Waals surface area contributed by atoms with E-state index in [9.17, 15) is 0 Å². The lowest BCUT2D eigenvalue weighted by molar-refractivity contribution is 0.350. The van der Waals surface area contributed by atoms with E-state index in [0.29, 0.717) is 0 Å². The van der Waals surface area contributed by atoms with Gasteiger partial charge in [0.1, 0.15) is 0 Å². The van der Waals surface area contributed by atoms with Crippen LogP contribution in [0.4, 0.5) is 0 Å². The molecule has 0 radical (unpaired) electrons. The van der Waals surface area contributed by atoms with Gasteiger partial charge in [-0.05, 0) is 36.1 Å². The summed E-state index contributed by atoms with van der Waals surface area (Å²) in [5.41, 5.74) is 5.57. The van der Waals surface area contributed by atoms with Crippen LogP contribution in [0, 0.1) is 0 Å². The minimum atomic E-state index is 0.122. The average molecular weight is 314 g/mol. The third-order valence-corrected chi connectivity index (χ3v) is 5.92. The molecule has 24 heavy (non-hydrogen) atoms. The van der Waals surface area contributed by atoms with Crippen LogP contribution in [0.5, 0.6) is 0 Å². The largest absolute Gasteiger partial charge is 0.361 e. The maximum absolute atomic E-state index is 3.51. The topological polar surface area (TPSA) is 31.6 Å². The first-order valence-corrected chi connectivity index (χ1v) is 9.02. The summed E-state index contributed by atoms with van der Waals surface area (Å²) in [5.74, 6) is 0. The fraction of sp³-hybridized carbons (Fsp3) is 0.273. The first kappa shape index (κ1) is 13.9. The van der Waals surface area contributed by atoms with Crippen LogP contribution in [0.25, 0.3) is 21.8 Å². The fourth-order valence-corrected chi connectivity index (χ4v) is 4.77. The molecule has 2 heterocycles. The number of fused-ring (bicyclic) bond motifs is 2. The summed E-state index contributed by atoms with van der Waals surface area (Å²) < 4.78 is 0. The number of hydrogen-bond donors (Lipinski definition) is 2. The normalized spacial score (nSPS) is 17.5. The quantitative estimate of drug-likeness (QED) is 0.462. The van der Waals surface area contributed by atoms with Crippen molar-refractivity contribution in [2.45, 2.75) is 37.5 Å². The van der Waals surface area contributed by atoms with Gasteiger partial charge >= 0.3 is 0 Å². The maximum atomic E-state index is 3.51. The highest BCUT2D eigenvalue weighted by atomic mass is 14.7. The number of H-pyrrole nitrogens is 2. The molecule has 1 fully saturated rings. The second-order valence-corrected chi connectivity index (χ2v) is 7.14. The first-order valence-electron chi connectivity index (χ1n) is 9.02. The van der Waals surface area contributed by atoms with Crippen LogP contribution in [0.1, 0.15) is 43.2 Å². The lowest BCUT2D eigenvalue weighted by Gasteiger charge is -2.37. The van der Waals surface area contributed by atoms with Crippen molar-refractivity contribution in [3.05, 3.63) is 72.1 Å². The van der Waals surface area contributed by atoms with E-state index in [1.54, 1.807) is 0 Å². The van der Waals surface area contributed by atoms with Crippen LogP contribution in [0.2, 0.25) is 0 Å². The van der Waals surface area contributed by atoms with E-state index < -0.39 is 0 Å². The highest BCUT2D eigenvalue weighted by Crippen LogP contribution is 2.49. The van der Waals surface area contributed by atoms with Gasteiger partial charge in [0.05, 0.1) is 0 Å². The molecule has 120 valence electrons. The van der Waals surface area contributed by atoms with Gasteiger partial charge in [0.25, 0.3) is 0 Å². The van der Waals surface area contributed by atoms with E-state index in [0.717, 1.165) is 0 Å². The van der Waals surface area contributed by atoms with E-state index in [1.807, 2.05) is 0 Å². The number of hydrogen-bond acceptors (Lipinski definition) is 0. The molecule has 0 amide bonds. The summed E-state index contributed by atoms with van der Waals surface area (Å²) in [7, 11) is 0. The molecular formula is C22H22N2. The Morgan fingerprint density at radius 3 is 1.67 bits per heavy atom. The number of aromatic amines is 2. The van der Waals surface area contributed by atoms with Gasteiger partial charge in [0.15, 0.2) is 0 Å². The summed E-state index contributed by atoms with van der Waals surface area (Å²) in [6.45, 7) is 0. The summed E-state index contributed by atoms with van der Waals surface area (Å²) in [6.07, 6.45) is 11.0. The molecule has 0 atom stereocenters. The van der Waals surface area contributed by atoms with Crippen molar-refractivity contribution in [3.63, 3.8) is 0 Å². The molecule has 2 N–H and O–H groups in total. The van der Waals surface area contributed by atoms with Gasteiger partial charge in [-0.3, -0.25) is 0 Å². The molecule has 1 aliphatic rings. The summed E-state index contributed by atoms with van der Waals surface area (Å²) in [5, 5.41) is 2.76. The summed E-state index contributed by atoms with van der Waals surface area (Å²) >= 11 is 0. The Morgan fingerprint density at radius 2 is 1.12 bits per heavy atom. The Hall–Kier alpha value is -2.48. The van der Waals surface area contributed by atoms with Crippen LogP contribution in [0.15, 0.2) is 60.9 Å². The zero-order valence-corrected chi connectivity index (χ0v) is 13.8. The Kier molecular flexibility index (Phi) is 3.05. The summed E-state index contributed by atoms with van der Waals surface area (Å²) in [4.78, 5) is 7.02. The molecule has 5 rings (SSSR count). The van der Waals surface area contributed by atoms with E-state index in [4.69, 9.17) is 0 Å². The number of para-hydroxylation sites is 2. The second-order valence-electron chi connectivity index (χ2n) is 7.14. The summed E-state index contributed by atoms with van der Waals surface area (Å²) in [6, 6.07) is 17.5. The van der Waals surface area contributed by atoms with Gasteiger partial charge in [-0.15, -0.1) is 0 Å². The highest BCUT2D eigenvalue weighted by Gasteiger charge is 2.39. The van der Waals surface area contributed by atoms with Crippen LogP contribution >= 0.6 is 0 Å². The Balaban J connectivity index is 1.80. The van der Waals surface area contributed by atoms with Crippen LogP contribution in [-0.2, 0) is 5.41 Å². The van der Waals surface area contributed by atoms with Crippen molar-refractivity contribution in [1.82, 2.24) is 9.97 Å². The lowest BCUT2D eigenvalue weighted by atomic mass is 9.65. The van der Waals surface area contributed by atoms with Crippen molar-refractivity contribution >= 4 is 21.8 Å². The zero-order chi connectivity index (χ0) is 16.0. The second kappa shape index (κ2) is 5.27. The van der Waals surface area contributed by atoms with Gasteiger partial charge in [0.2, 0.25) is 0 Å². The molecule has 0 saturated heterocycles. The minimum absolute atomic E-state index is 0.122. The van der Waals surface area contributed by atoms with E-state index in [2.05, 4.69) is 70.9 Å². The van der Waals surface area contributed by atoms with Crippen molar-refractivity contribution < 1.29 is 0 Å². The molecule has 0 spiro atoms. The first-order chi connectivity index (χ1) is 11.9. The molecular weight excluding hydrogens is 292 g/mol. The molecule has 0 aliphatic heterocycles. The van der Waals surface area contributed by atoms with Crippen molar-refractivity contribution in [2.75, 3.05) is 0 Å². The minimum Gasteiger partial charge on any atom is -0.361 e. The van der Waals surface area contributed by atoms with Crippen molar-refractivity contribution in [1.29, 1.82) is 0 Å². The molecule has 1 saturated carbocycles. The molecule has 0 bridgehead atoms. The molecule has 2 heteroatoms. The molecule has 2 aromatic carbocycles. The van der Waals surface area contributed by atoms with Gasteiger partial charge in [0, 0.05) is 39.6 Å². The Bertz CT molecular complexity index is 923. The highest BCUT2D eigenvalue weighted by molar-refractivity contribution is 5.89. The van der Waals surface area contributed by atoms with E-state index >= 15 is 0 Å². The number of aromatic nitrogens is 2. The predicted molar refractivity (Wildman–Crippen MR) is 100 cm³/mol. The van der Waals surface area contributed by atoms with Crippen LogP contribution in [-0.4, -0.2) is 9.97 Å². The lowest BCUT2D eigenvalue weighted by Crippen LogP contribution is -2.30. The molecule has 1 aliphatic carbocycles. The smallest absolute Gasteiger partial charge is 0.0457 e. The van der Waals surface area contributed by atoms with E-state index in [-0.39, 0.29) is 5.41 Å². The third-order valence-electron chi connectivity index (χ3n) is 5.92. The third kappa shape index (κ3) is 1.89. The Labute approximate surface area is 141 Å². The van der Waals surface area contributed by atoms with Crippen LogP contribution < -0.4 is 0 Å². The van der Waals surface area contributed by atoms with Crippen molar-refractivity contribution in [3.8, 4) is 0 Å². The fourth-order valence-electron chi connectivity index (χ4n) is 4.77. The molecule has 2 aromatic heterocycles. The number of rotatable bonds is 2. The predicted octanol–water partition coefficient (Wildman–Crippen LogP) is 5.90. The number of nitrogens with one attached hydrogen (secondary N) is 2. The SMILES string of the molecule is c1ccc2c(C3(c4c[nH]c5ccccc45)CCCCC3)c[nH]c2c1. The van der Waals surface area contributed by atoms with Crippen molar-refractivity contribution in [2.24, 2.45) is 0 Å². The van der Waals surface area contributed by atoms with Gasteiger partial charge in [-0.25, -0.2) is 0 Å². The average Bonchev–Trinajstić information content (AvgIpc) is 3.27. The molecule has 0 unspecified atom stereocenters. The number of benzene rings is 2. The monoisotopic (exact) mass is 314 g/mol. The molecule has 2 nitrogen and oxygen atoms in total. The van der Waals surface area contributed by atoms with Crippen LogP contribution in [0.3, 0.4) is 0 Å². The van der Waals surface area contributed by atoms with Gasteiger partial charge in [-0.1, -0.05) is 55.7 Å². The van der Waals surface area contributed by atoms with Gasteiger partial charge in [-0.2, -0.15) is 0 Å².